The first-order chi connectivity index (χ1) is 12.2. The molecule has 6 nitrogen and oxygen atoms in total. The Hall–Kier alpha value is -2.38. The van der Waals surface area contributed by atoms with E-state index in [1.54, 1.807) is 50.2 Å². The number of carbonyl (C=O) groups is 1. The molecule has 0 saturated heterocycles. The minimum absolute atomic E-state index is 0.0636. The number of phenols is 1. The lowest BCUT2D eigenvalue weighted by Gasteiger charge is -2.10. The van der Waals surface area contributed by atoms with Crippen molar-refractivity contribution in [3.8, 4) is 5.75 Å². The van der Waals surface area contributed by atoms with Gasteiger partial charge in [0.05, 0.1) is 11.3 Å². The molecular formula is C19H24N2O4S. The molecule has 0 aliphatic carbocycles. The van der Waals surface area contributed by atoms with Gasteiger partial charge in [0.2, 0.25) is 10.0 Å². The minimum Gasteiger partial charge on any atom is -0.507 e. The van der Waals surface area contributed by atoms with Gasteiger partial charge in [-0.2, -0.15) is 0 Å². The molecule has 0 bridgehead atoms. The van der Waals surface area contributed by atoms with E-state index >= 15 is 0 Å². The van der Waals surface area contributed by atoms with Gasteiger partial charge in [0.15, 0.2) is 0 Å². The average molecular weight is 376 g/mol. The molecule has 0 unspecified atom stereocenters. The highest BCUT2D eigenvalue weighted by Crippen LogP contribution is 2.18. The van der Waals surface area contributed by atoms with E-state index in [0.717, 1.165) is 11.1 Å². The third-order valence-electron chi connectivity index (χ3n) is 3.64. The monoisotopic (exact) mass is 376 g/mol. The lowest BCUT2D eigenvalue weighted by molar-refractivity contribution is 0.0948. The van der Waals surface area contributed by atoms with Crippen LogP contribution in [0.2, 0.25) is 0 Å². The highest BCUT2D eigenvalue weighted by Gasteiger charge is 2.13. The van der Waals surface area contributed by atoms with Gasteiger partial charge in [0.1, 0.15) is 5.75 Å². The van der Waals surface area contributed by atoms with Gasteiger partial charge in [-0.15, -0.1) is 0 Å². The van der Waals surface area contributed by atoms with Crippen LogP contribution in [-0.4, -0.2) is 25.5 Å². The zero-order valence-corrected chi connectivity index (χ0v) is 15.9. The second-order valence-electron chi connectivity index (χ2n) is 6.55. The molecule has 0 aliphatic heterocycles. The summed E-state index contributed by atoms with van der Waals surface area (Å²) in [6.45, 7) is 5.67. The number of sulfonamides is 1. The number of hydrogen-bond acceptors (Lipinski definition) is 4. The summed E-state index contributed by atoms with van der Waals surface area (Å²) in [6.07, 6.45) is 0. The van der Waals surface area contributed by atoms with Crippen LogP contribution >= 0.6 is 0 Å². The summed E-state index contributed by atoms with van der Waals surface area (Å²) in [5.74, 6) is -0.514. The molecule has 0 saturated carbocycles. The van der Waals surface area contributed by atoms with Gasteiger partial charge >= 0.3 is 0 Å². The molecular weight excluding hydrogens is 352 g/mol. The summed E-state index contributed by atoms with van der Waals surface area (Å²) in [5.41, 5.74) is 2.62. The minimum atomic E-state index is -3.36. The molecule has 0 aromatic heterocycles. The Labute approximate surface area is 154 Å². The second-order valence-corrected chi connectivity index (χ2v) is 8.31. The van der Waals surface area contributed by atoms with Crippen molar-refractivity contribution in [3.05, 3.63) is 64.7 Å². The largest absolute Gasteiger partial charge is 0.507 e. The van der Waals surface area contributed by atoms with Gasteiger partial charge in [-0.05, 0) is 44.0 Å². The van der Waals surface area contributed by atoms with Crippen molar-refractivity contribution in [2.45, 2.75) is 39.1 Å². The fourth-order valence-electron chi connectivity index (χ4n) is 2.48. The maximum atomic E-state index is 12.2. The molecule has 2 aromatic rings. The van der Waals surface area contributed by atoms with E-state index in [2.05, 4.69) is 10.0 Å². The maximum Gasteiger partial charge on any atom is 0.255 e. The summed E-state index contributed by atoms with van der Waals surface area (Å²) in [4.78, 5) is 12.2. The average Bonchev–Trinajstić information content (AvgIpc) is 2.54. The number of hydrogen-bond donors (Lipinski definition) is 3. The topological polar surface area (TPSA) is 95.5 Å². The van der Waals surface area contributed by atoms with Crippen LogP contribution in [0.15, 0.2) is 42.5 Å². The fourth-order valence-corrected chi connectivity index (χ4v) is 3.92. The lowest BCUT2D eigenvalue weighted by atomic mass is 10.1. The summed E-state index contributed by atoms with van der Waals surface area (Å²) in [7, 11) is -3.36. The van der Waals surface area contributed by atoms with Crippen LogP contribution in [0.1, 0.15) is 40.9 Å². The Kier molecular flexibility index (Phi) is 6.39. The molecule has 2 rings (SSSR count). The maximum absolute atomic E-state index is 12.2. The molecule has 0 radical (unpaired) electrons. The molecule has 2 aromatic carbocycles. The van der Waals surface area contributed by atoms with E-state index in [4.69, 9.17) is 0 Å². The number of aryl methyl sites for hydroxylation is 1. The van der Waals surface area contributed by atoms with Gasteiger partial charge in [-0.25, -0.2) is 13.1 Å². The first-order valence-electron chi connectivity index (χ1n) is 8.32. The first kappa shape index (κ1) is 19.9. The number of amides is 1. The van der Waals surface area contributed by atoms with Gasteiger partial charge in [0.25, 0.3) is 5.91 Å². The van der Waals surface area contributed by atoms with Crippen LogP contribution < -0.4 is 10.0 Å². The lowest BCUT2D eigenvalue weighted by Crippen LogP contribution is -2.31. The van der Waals surface area contributed by atoms with E-state index in [9.17, 15) is 18.3 Å². The van der Waals surface area contributed by atoms with E-state index in [1.165, 1.54) is 6.07 Å². The Bertz CT molecular complexity index is 875. The second kappa shape index (κ2) is 8.33. The molecule has 0 fully saturated rings. The van der Waals surface area contributed by atoms with Crippen molar-refractivity contribution in [1.29, 1.82) is 0 Å². The number of nitrogens with one attached hydrogen (secondary N) is 2. The number of benzene rings is 2. The molecule has 0 heterocycles. The summed E-state index contributed by atoms with van der Waals surface area (Å²) >= 11 is 0. The van der Waals surface area contributed by atoms with Crippen molar-refractivity contribution in [2.75, 3.05) is 0 Å². The highest BCUT2D eigenvalue weighted by molar-refractivity contribution is 7.88. The van der Waals surface area contributed by atoms with E-state index in [1.807, 2.05) is 6.92 Å². The van der Waals surface area contributed by atoms with Gasteiger partial charge in [-0.3, -0.25) is 4.79 Å². The third kappa shape index (κ3) is 5.86. The summed E-state index contributed by atoms with van der Waals surface area (Å²) in [6, 6.07) is 11.7. The number of rotatable bonds is 7. The predicted molar refractivity (Wildman–Crippen MR) is 101 cm³/mol. The molecule has 3 N–H and O–H groups in total. The van der Waals surface area contributed by atoms with Crippen LogP contribution in [-0.2, 0) is 22.3 Å². The zero-order chi connectivity index (χ0) is 19.3. The van der Waals surface area contributed by atoms with Crippen LogP contribution in [0.5, 0.6) is 5.75 Å². The van der Waals surface area contributed by atoms with Gasteiger partial charge in [0, 0.05) is 12.6 Å². The molecule has 0 spiro atoms. The van der Waals surface area contributed by atoms with Crippen molar-refractivity contribution < 1.29 is 18.3 Å². The Morgan fingerprint density at radius 3 is 2.31 bits per heavy atom. The number of carbonyl (C=O) groups excluding carboxylic acids is 1. The van der Waals surface area contributed by atoms with Crippen molar-refractivity contribution in [3.63, 3.8) is 0 Å². The number of aromatic hydroxyl groups is 1. The Morgan fingerprint density at radius 2 is 1.69 bits per heavy atom. The molecule has 0 aliphatic rings. The van der Waals surface area contributed by atoms with Crippen LogP contribution in [0.3, 0.4) is 0 Å². The van der Waals surface area contributed by atoms with Crippen LogP contribution in [0.25, 0.3) is 0 Å². The summed E-state index contributed by atoms with van der Waals surface area (Å²) < 4.78 is 26.4. The first-order valence-corrected chi connectivity index (χ1v) is 9.97. The molecule has 1 amide bonds. The summed E-state index contributed by atoms with van der Waals surface area (Å²) in [5, 5.41) is 12.5. The van der Waals surface area contributed by atoms with E-state index in [0.29, 0.717) is 5.56 Å². The molecule has 140 valence electrons. The quantitative estimate of drug-likeness (QED) is 0.692. The number of phenolic OH excluding ortho intramolecular Hbond substituents is 1. The molecule has 0 atom stereocenters. The van der Waals surface area contributed by atoms with E-state index in [-0.39, 0.29) is 35.6 Å². The van der Waals surface area contributed by atoms with Crippen molar-refractivity contribution in [1.82, 2.24) is 10.0 Å². The molecule has 7 heteroatoms. The third-order valence-corrected chi connectivity index (χ3v) is 5.19. The smallest absolute Gasteiger partial charge is 0.255 e. The van der Waals surface area contributed by atoms with Gasteiger partial charge in [-0.1, -0.05) is 35.9 Å². The Balaban J connectivity index is 1.97. The van der Waals surface area contributed by atoms with Crippen molar-refractivity contribution >= 4 is 15.9 Å². The van der Waals surface area contributed by atoms with E-state index < -0.39 is 10.0 Å². The van der Waals surface area contributed by atoms with Gasteiger partial charge < -0.3 is 10.4 Å². The van der Waals surface area contributed by atoms with Crippen LogP contribution in [0, 0.1) is 6.92 Å². The SMILES string of the molecule is Cc1ccc(O)c(C(=O)NCc2ccc(CS(=O)(=O)NC(C)C)cc2)c1. The fraction of sp³-hybridized carbons (Fsp3) is 0.316. The zero-order valence-electron chi connectivity index (χ0n) is 15.1. The van der Waals surface area contributed by atoms with Crippen molar-refractivity contribution in [2.24, 2.45) is 0 Å². The standard InChI is InChI=1S/C19H24N2O4S/c1-13(2)21-26(24,25)12-16-7-5-15(6-8-16)11-20-19(23)17-10-14(3)4-9-18(17)22/h4-10,13,21-22H,11-12H2,1-3H3,(H,20,23). The van der Waals surface area contributed by atoms with Crippen LogP contribution in [0.4, 0.5) is 0 Å². The predicted octanol–water partition coefficient (Wildman–Crippen LogP) is 2.46. The Morgan fingerprint density at radius 1 is 1.08 bits per heavy atom. The molecule has 26 heavy (non-hydrogen) atoms. The highest BCUT2D eigenvalue weighted by atomic mass is 32.2. The normalized spacial score (nSPS) is 11.5.